The van der Waals surface area contributed by atoms with E-state index in [1.54, 1.807) is 24.3 Å². The Morgan fingerprint density at radius 3 is 2.39 bits per heavy atom. The van der Waals surface area contributed by atoms with Gasteiger partial charge in [0, 0.05) is 11.1 Å². The van der Waals surface area contributed by atoms with Crippen LogP contribution in [0.4, 0.5) is 5.69 Å². The highest BCUT2D eigenvalue weighted by Gasteiger charge is 2.21. The predicted octanol–water partition coefficient (Wildman–Crippen LogP) is 3.16. The number of primary sulfonamides is 1. The quantitative estimate of drug-likeness (QED) is 0.498. The van der Waals surface area contributed by atoms with Gasteiger partial charge >= 0.3 is 5.97 Å². The molecule has 3 aromatic rings. The number of thiophene rings is 1. The van der Waals surface area contributed by atoms with Crippen molar-refractivity contribution in [3.63, 3.8) is 0 Å². The minimum Gasteiger partial charge on any atom is -0.489 e. The monoisotopic (exact) mass is 460 g/mol. The van der Waals surface area contributed by atoms with Gasteiger partial charge < -0.3 is 14.8 Å². The Labute approximate surface area is 183 Å². The van der Waals surface area contributed by atoms with Crippen LogP contribution in [0.2, 0.25) is 0 Å². The van der Waals surface area contributed by atoms with E-state index in [4.69, 9.17) is 14.6 Å². The van der Waals surface area contributed by atoms with E-state index in [0.717, 1.165) is 23.0 Å². The first kappa shape index (κ1) is 22.5. The number of rotatable bonds is 8. The van der Waals surface area contributed by atoms with Crippen LogP contribution in [-0.4, -0.2) is 26.4 Å². The van der Waals surface area contributed by atoms with E-state index in [-0.39, 0.29) is 9.77 Å². The van der Waals surface area contributed by atoms with E-state index >= 15 is 0 Å². The van der Waals surface area contributed by atoms with Gasteiger partial charge in [-0.05, 0) is 42.8 Å². The van der Waals surface area contributed by atoms with Gasteiger partial charge in [-0.2, -0.15) is 0 Å². The molecule has 1 amide bonds. The van der Waals surface area contributed by atoms with Gasteiger partial charge in [0.05, 0.1) is 5.56 Å². The average Bonchev–Trinajstić information content (AvgIpc) is 3.25. The summed E-state index contributed by atoms with van der Waals surface area (Å²) in [6.45, 7) is 1.84. The van der Waals surface area contributed by atoms with Crippen LogP contribution in [0.1, 0.15) is 22.8 Å². The summed E-state index contributed by atoms with van der Waals surface area (Å²) in [5, 5.41) is 8.97. The first-order valence-electron chi connectivity index (χ1n) is 9.12. The molecule has 162 valence electrons. The molecule has 0 saturated carbocycles. The number of ether oxygens (including phenoxy) is 2. The number of carbonyl (C=O) groups is 2. The van der Waals surface area contributed by atoms with Crippen LogP contribution in [0.3, 0.4) is 0 Å². The fourth-order valence-electron chi connectivity index (χ4n) is 2.47. The highest BCUT2D eigenvalue weighted by Crippen LogP contribution is 2.21. The Hall–Kier alpha value is -3.21. The topological polar surface area (TPSA) is 125 Å². The van der Waals surface area contributed by atoms with Crippen LogP contribution >= 0.6 is 11.3 Å². The summed E-state index contributed by atoms with van der Waals surface area (Å²) in [5.41, 5.74) is 1.55. The molecule has 3 N–H and O–H groups in total. The lowest BCUT2D eigenvalue weighted by atomic mass is 10.2. The number of esters is 1. The van der Waals surface area contributed by atoms with Gasteiger partial charge in [-0.1, -0.05) is 30.3 Å². The van der Waals surface area contributed by atoms with E-state index in [2.05, 4.69) is 5.32 Å². The van der Waals surface area contributed by atoms with E-state index in [0.29, 0.717) is 18.0 Å². The lowest BCUT2D eigenvalue weighted by molar-refractivity contribution is -0.123. The summed E-state index contributed by atoms with van der Waals surface area (Å²) in [5.74, 6) is -0.712. The Bertz CT molecular complexity index is 1160. The third-order valence-corrected chi connectivity index (χ3v) is 6.50. The molecule has 0 aliphatic heterocycles. The molecule has 31 heavy (non-hydrogen) atoms. The number of sulfonamides is 1. The second kappa shape index (κ2) is 9.73. The van der Waals surface area contributed by atoms with Crippen molar-refractivity contribution in [1.82, 2.24) is 0 Å². The molecule has 0 aliphatic carbocycles. The Morgan fingerprint density at radius 2 is 1.77 bits per heavy atom. The second-order valence-corrected chi connectivity index (χ2v) is 9.23. The molecule has 8 nitrogen and oxygen atoms in total. The summed E-state index contributed by atoms with van der Waals surface area (Å²) in [4.78, 5) is 24.4. The van der Waals surface area contributed by atoms with Gasteiger partial charge in [0.1, 0.15) is 16.6 Å². The number of carbonyl (C=O) groups excluding carboxylic acids is 2. The van der Waals surface area contributed by atoms with Crippen LogP contribution < -0.4 is 15.2 Å². The molecule has 1 aromatic heterocycles. The van der Waals surface area contributed by atoms with Crippen LogP contribution in [0.5, 0.6) is 5.75 Å². The molecular weight excluding hydrogens is 440 g/mol. The number of amides is 1. The summed E-state index contributed by atoms with van der Waals surface area (Å²) in [7, 11) is -3.90. The van der Waals surface area contributed by atoms with Crippen molar-refractivity contribution in [3.8, 4) is 5.75 Å². The third kappa shape index (κ3) is 6.38. The molecule has 0 fully saturated rings. The number of nitrogens with one attached hydrogen (secondary N) is 1. The molecule has 0 spiro atoms. The van der Waals surface area contributed by atoms with Gasteiger partial charge in [0.2, 0.25) is 10.0 Å². The second-order valence-electron chi connectivity index (χ2n) is 6.53. The highest BCUT2D eigenvalue weighted by molar-refractivity contribution is 7.91. The zero-order valence-electron chi connectivity index (χ0n) is 16.5. The standard InChI is InChI=1S/C21H20N2O6S2/c1-14(29-21(25)16-11-19(30-13-16)31(22,26)27)20(24)23-17-7-9-18(10-8-17)28-12-15-5-3-2-4-6-15/h2-11,13-14H,12H2,1H3,(H,23,24)(H2,22,26,27). The van der Waals surface area contributed by atoms with Gasteiger partial charge in [-0.25, -0.2) is 18.4 Å². The van der Waals surface area contributed by atoms with Crippen molar-refractivity contribution in [3.05, 3.63) is 77.2 Å². The molecule has 1 atom stereocenters. The Morgan fingerprint density at radius 1 is 1.10 bits per heavy atom. The van der Waals surface area contributed by atoms with Gasteiger partial charge in [-0.15, -0.1) is 11.3 Å². The third-order valence-electron chi connectivity index (χ3n) is 4.11. The zero-order valence-corrected chi connectivity index (χ0v) is 18.1. The predicted molar refractivity (Wildman–Crippen MR) is 116 cm³/mol. The van der Waals surface area contributed by atoms with Crippen molar-refractivity contribution < 1.29 is 27.5 Å². The van der Waals surface area contributed by atoms with Crippen molar-refractivity contribution >= 4 is 38.9 Å². The summed E-state index contributed by atoms with van der Waals surface area (Å²) in [6, 6.07) is 17.6. The molecule has 0 aliphatic rings. The number of nitrogens with two attached hydrogens (primary N) is 1. The van der Waals surface area contributed by atoms with Crippen LogP contribution in [0.25, 0.3) is 0 Å². The molecule has 1 unspecified atom stereocenters. The molecule has 2 aromatic carbocycles. The SMILES string of the molecule is CC(OC(=O)c1csc(S(N)(=O)=O)c1)C(=O)Nc1ccc(OCc2ccccc2)cc1. The number of anilines is 1. The van der Waals surface area contributed by atoms with Crippen molar-refractivity contribution in [2.45, 2.75) is 23.8 Å². The lowest BCUT2D eigenvalue weighted by Gasteiger charge is -2.13. The fraction of sp³-hybridized carbons (Fsp3) is 0.143. The highest BCUT2D eigenvalue weighted by atomic mass is 32.2. The van der Waals surface area contributed by atoms with E-state index < -0.39 is 28.0 Å². The molecule has 0 radical (unpaired) electrons. The molecule has 0 bridgehead atoms. The Kier molecular flexibility index (Phi) is 7.06. The van der Waals surface area contributed by atoms with Crippen LogP contribution in [0.15, 0.2) is 70.3 Å². The van der Waals surface area contributed by atoms with E-state index in [1.165, 1.54) is 12.3 Å². The molecule has 1 heterocycles. The van der Waals surface area contributed by atoms with E-state index in [9.17, 15) is 18.0 Å². The van der Waals surface area contributed by atoms with Gasteiger partial charge in [0.15, 0.2) is 6.10 Å². The number of benzene rings is 2. The van der Waals surface area contributed by atoms with Crippen LogP contribution in [-0.2, 0) is 26.2 Å². The minimum absolute atomic E-state index is 0.00796. The van der Waals surface area contributed by atoms with Gasteiger partial charge in [-0.3, -0.25) is 4.79 Å². The smallest absolute Gasteiger partial charge is 0.339 e. The van der Waals surface area contributed by atoms with Crippen LogP contribution in [0, 0.1) is 0 Å². The summed E-state index contributed by atoms with van der Waals surface area (Å²) in [6.07, 6.45) is -1.10. The molecule has 3 rings (SSSR count). The number of hydrogen-bond donors (Lipinski definition) is 2. The minimum atomic E-state index is -3.90. The Balaban J connectivity index is 1.52. The normalized spacial score (nSPS) is 12.1. The fourth-order valence-corrected chi connectivity index (χ4v) is 4.05. The zero-order chi connectivity index (χ0) is 22.4. The van der Waals surface area contributed by atoms with Crippen molar-refractivity contribution in [2.75, 3.05) is 5.32 Å². The first-order chi connectivity index (χ1) is 14.7. The maximum atomic E-state index is 12.3. The van der Waals surface area contributed by atoms with Crippen molar-refractivity contribution in [1.29, 1.82) is 0 Å². The largest absolute Gasteiger partial charge is 0.489 e. The first-order valence-corrected chi connectivity index (χ1v) is 11.5. The van der Waals surface area contributed by atoms with Crippen molar-refractivity contribution in [2.24, 2.45) is 5.14 Å². The summed E-state index contributed by atoms with van der Waals surface area (Å²) < 4.78 is 33.2. The summed E-state index contributed by atoms with van der Waals surface area (Å²) >= 11 is 0.800. The average molecular weight is 461 g/mol. The molecule has 10 heteroatoms. The molecule has 0 saturated heterocycles. The molecular formula is C21H20N2O6S2. The van der Waals surface area contributed by atoms with Gasteiger partial charge in [0.25, 0.3) is 5.91 Å². The number of hydrogen-bond acceptors (Lipinski definition) is 7. The van der Waals surface area contributed by atoms with E-state index in [1.807, 2.05) is 30.3 Å². The maximum Gasteiger partial charge on any atom is 0.339 e. The lowest BCUT2D eigenvalue weighted by Crippen LogP contribution is -2.29. The maximum absolute atomic E-state index is 12.3.